The molecular formula is C20H15ClN4O5. The zero-order valence-electron chi connectivity index (χ0n) is 15.6. The second kappa shape index (κ2) is 9.01. The van der Waals surface area contributed by atoms with Gasteiger partial charge in [0.05, 0.1) is 28.4 Å². The Morgan fingerprint density at radius 3 is 2.27 bits per heavy atom. The molecule has 0 spiro atoms. The van der Waals surface area contributed by atoms with Gasteiger partial charge in [-0.25, -0.2) is 0 Å². The standard InChI is InChI=1S/C20H15ClN4O5/c1-30-19-10-5-14(12-18(19)25(28)29)20(13-3-2-4-15(21)11-13)23-22-16-6-8-17(9-7-16)24(26)27/h2-12,22H,1H3. The highest BCUT2D eigenvalue weighted by Gasteiger charge is 2.18. The van der Waals surface area contributed by atoms with Crippen LogP contribution < -0.4 is 10.2 Å². The number of nitro groups is 2. The summed E-state index contributed by atoms with van der Waals surface area (Å²) >= 11 is 6.10. The average molecular weight is 427 g/mol. The highest BCUT2D eigenvalue weighted by Crippen LogP contribution is 2.29. The molecule has 0 aliphatic heterocycles. The van der Waals surface area contributed by atoms with Crippen LogP contribution in [0.25, 0.3) is 0 Å². The van der Waals surface area contributed by atoms with E-state index in [1.807, 2.05) is 0 Å². The molecule has 3 aromatic carbocycles. The fourth-order valence-corrected chi connectivity index (χ4v) is 2.88. The summed E-state index contributed by atoms with van der Waals surface area (Å²) in [6.07, 6.45) is 0. The van der Waals surface area contributed by atoms with Crippen LogP contribution in [-0.4, -0.2) is 22.7 Å². The number of hydrazone groups is 1. The SMILES string of the molecule is COc1ccc(C(=NNc2ccc([N+](=O)[O-])cc2)c2cccc(Cl)c2)cc1[N+](=O)[O-]. The number of nitrogens with zero attached hydrogens (tertiary/aromatic N) is 3. The first-order chi connectivity index (χ1) is 14.4. The van der Waals surface area contributed by atoms with Gasteiger partial charge in [0, 0.05) is 34.3 Å². The summed E-state index contributed by atoms with van der Waals surface area (Å²) in [7, 11) is 1.35. The van der Waals surface area contributed by atoms with Crippen molar-refractivity contribution in [3.8, 4) is 5.75 Å². The molecule has 1 N–H and O–H groups in total. The van der Waals surface area contributed by atoms with E-state index in [0.29, 0.717) is 27.5 Å². The predicted octanol–water partition coefficient (Wildman–Crippen LogP) is 5.03. The van der Waals surface area contributed by atoms with Gasteiger partial charge in [-0.1, -0.05) is 23.7 Å². The first-order valence-corrected chi connectivity index (χ1v) is 8.93. The van der Waals surface area contributed by atoms with Crippen molar-refractivity contribution in [3.05, 3.63) is 103 Å². The fourth-order valence-electron chi connectivity index (χ4n) is 2.69. The summed E-state index contributed by atoms with van der Waals surface area (Å²) in [5.74, 6) is 0.123. The molecule has 0 aromatic heterocycles. The molecule has 0 atom stereocenters. The molecule has 0 aliphatic carbocycles. The van der Waals surface area contributed by atoms with Crippen molar-refractivity contribution in [2.24, 2.45) is 5.10 Å². The molecule has 0 heterocycles. The van der Waals surface area contributed by atoms with Crippen LogP contribution in [0.5, 0.6) is 5.75 Å². The molecule has 9 nitrogen and oxygen atoms in total. The van der Waals surface area contributed by atoms with Crippen LogP contribution in [0, 0.1) is 20.2 Å². The molecule has 3 aromatic rings. The van der Waals surface area contributed by atoms with E-state index in [1.165, 1.54) is 43.5 Å². The highest BCUT2D eigenvalue weighted by molar-refractivity contribution is 6.31. The molecule has 0 saturated carbocycles. The van der Waals surface area contributed by atoms with Crippen LogP contribution in [-0.2, 0) is 0 Å². The van der Waals surface area contributed by atoms with Gasteiger partial charge in [0.25, 0.3) is 5.69 Å². The monoisotopic (exact) mass is 426 g/mol. The Morgan fingerprint density at radius 1 is 0.967 bits per heavy atom. The lowest BCUT2D eigenvalue weighted by atomic mass is 10.0. The van der Waals surface area contributed by atoms with Crippen molar-refractivity contribution in [2.75, 3.05) is 12.5 Å². The van der Waals surface area contributed by atoms with Crippen LogP contribution in [0.1, 0.15) is 11.1 Å². The number of halogens is 1. The minimum absolute atomic E-state index is 0.0506. The number of hydrogen-bond acceptors (Lipinski definition) is 7. The second-order valence-electron chi connectivity index (χ2n) is 6.03. The zero-order valence-corrected chi connectivity index (χ0v) is 16.4. The van der Waals surface area contributed by atoms with E-state index in [0.717, 1.165) is 0 Å². The van der Waals surface area contributed by atoms with Crippen LogP contribution in [0.4, 0.5) is 17.1 Å². The van der Waals surface area contributed by atoms with E-state index in [9.17, 15) is 20.2 Å². The maximum Gasteiger partial charge on any atom is 0.311 e. The van der Waals surface area contributed by atoms with Crippen LogP contribution in [0.2, 0.25) is 5.02 Å². The maximum atomic E-state index is 11.4. The summed E-state index contributed by atoms with van der Waals surface area (Å²) in [5, 5.41) is 27.1. The fraction of sp³-hybridized carbons (Fsp3) is 0.0500. The quantitative estimate of drug-likeness (QED) is 0.321. The van der Waals surface area contributed by atoms with E-state index >= 15 is 0 Å². The topological polar surface area (TPSA) is 120 Å². The minimum Gasteiger partial charge on any atom is -0.490 e. The van der Waals surface area contributed by atoms with Crippen molar-refractivity contribution >= 4 is 34.4 Å². The lowest BCUT2D eigenvalue weighted by molar-refractivity contribution is -0.385. The number of non-ortho nitro benzene ring substituents is 1. The molecule has 0 amide bonds. The van der Waals surface area contributed by atoms with Gasteiger partial charge < -0.3 is 4.74 Å². The molecule has 152 valence electrons. The van der Waals surface area contributed by atoms with Gasteiger partial charge in [-0.2, -0.15) is 5.10 Å². The molecular weight excluding hydrogens is 412 g/mol. The number of benzene rings is 3. The summed E-state index contributed by atoms with van der Waals surface area (Å²) in [6, 6.07) is 17.1. The van der Waals surface area contributed by atoms with Crippen LogP contribution in [0.15, 0.2) is 71.8 Å². The number of nitro benzene ring substituents is 2. The molecule has 30 heavy (non-hydrogen) atoms. The Bertz CT molecular complexity index is 1130. The summed E-state index contributed by atoms with van der Waals surface area (Å²) in [5.41, 5.74) is 4.54. The number of nitrogens with one attached hydrogen (secondary N) is 1. The predicted molar refractivity (Wildman–Crippen MR) is 113 cm³/mol. The van der Waals surface area contributed by atoms with Crippen LogP contribution >= 0.6 is 11.6 Å². The second-order valence-corrected chi connectivity index (χ2v) is 6.47. The molecule has 3 rings (SSSR count). The third-order valence-corrected chi connectivity index (χ3v) is 4.36. The van der Waals surface area contributed by atoms with Crippen molar-refractivity contribution in [1.29, 1.82) is 0 Å². The number of methoxy groups -OCH3 is 1. The first kappa shape index (κ1) is 20.7. The van der Waals surface area contributed by atoms with Crippen molar-refractivity contribution in [1.82, 2.24) is 0 Å². The zero-order chi connectivity index (χ0) is 21.7. The van der Waals surface area contributed by atoms with Gasteiger partial charge in [-0.15, -0.1) is 0 Å². The number of ether oxygens (including phenoxy) is 1. The molecule has 0 aliphatic rings. The molecule has 0 fully saturated rings. The molecule has 10 heteroatoms. The van der Waals surface area contributed by atoms with Gasteiger partial charge in [-0.05, 0) is 36.4 Å². The van der Waals surface area contributed by atoms with Crippen LogP contribution in [0.3, 0.4) is 0 Å². The van der Waals surface area contributed by atoms with Gasteiger partial charge in [0.1, 0.15) is 0 Å². The third kappa shape index (κ3) is 4.70. The lowest BCUT2D eigenvalue weighted by Crippen LogP contribution is -2.08. The van der Waals surface area contributed by atoms with Gasteiger partial charge in [0.2, 0.25) is 0 Å². The average Bonchev–Trinajstić information content (AvgIpc) is 2.74. The van der Waals surface area contributed by atoms with Gasteiger partial charge in [-0.3, -0.25) is 25.7 Å². The van der Waals surface area contributed by atoms with E-state index in [-0.39, 0.29) is 17.1 Å². The van der Waals surface area contributed by atoms with Crippen molar-refractivity contribution in [2.45, 2.75) is 0 Å². The lowest BCUT2D eigenvalue weighted by Gasteiger charge is -2.10. The molecule has 0 radical (unpaired) electrons. The van der Waals surface area contributed by atoms with Crippen molar-refractivity contribution < 1.29 is 14.6 Å². The van der Waals surface area contributed by atoms with E-state index in [4.69, 9.17) is 16.3 Å². The largest absolute Gasteiger partial charge is 0.490 e. The highest BCUT2D eigenvalue weighted by atomic mass is 35.5. The van der Waals surface area contributed by atoms with E-state index in [2.05, 4.69) is 10.5 Å². The summed E-state index contributed by atoms with van der Waals surface area (Å²) in [4.78, 5) is 21.2. The normalized spacial score (nSPS) is 11.1. The molecule has 0 unspecified atom stereocenters. The molecule has 0 bridgehead atoms. The van der Waals surface area contributed by atoms with Gasteiger partial charge >= 0.3 is 5.69 Å². The minimum atomic E-state index is -0.540. The van der Waals surface area contributed by atoms with E-state index < -0.39 is 9.85 Å². The Kier molecular flexibility index (Phi) is 6.23. The Labute approximate surface area is 175 Å². The van der Waals surface area contributed by atoms with E-state index in [1.54, 1.807) is 30.3 Å². The van der Waals surface area contributed by atoms with Gasteiger partial charge in [0.15, 0.2) is 5.75 Å². The first-order valence-electron chi connectivity index (χ1n) is 8.56. The Hall–Kier alpha value is -3.98. The molecule has 0 saturated heterocycles. The Morgan fingerprint density at radius 2 is 1.67 bits per heavy atom. The smallest absolute Gasteiger partial charge is 0.311 e. The Balaban J connectivity index is 2.05. The van der Waals surface area contributed by atoms with Crippen molar-refractivity contribution in [3.63, 3.8) is 0 Å². The summed E-state index contributed by atoms with van der Waals surface area (Å²) in [6.45, 7) is 0. The number of rotatable bonds is 7. The number of anilines is 1. The maximum absolute atomic E-state index is 11.4. The summed E-state index contributed by atoms with van der Waals surface area (Å²) < 4.78 is 5.05. The third-order valence-electron chi connectivity index (χ3n) is 4.12. The number of hydrogen-bond donors (Lipinski definition) is 1.